The van der Waals surface area contributed by atoms with Crippen LogP contribution in [0, 0.1) is 28.7 Å². The van der Waals surface area contributed by atoms with E-state index >= 15 is 0 Å². The summed E-state index contributed by atoms with van der Waals surface area (Å²) in [5.74, 6) is 0.630. The molecule has 33 heavy (non-hydrogen) atoms. The summed E-state index contributed by atoms with van der Waals surface area (Å²) in [6.07, 6.45) is 3.36. The van der Waals surface area contributed by atoms with Crippen LogP contribution in [-0.2, 0) is 20.1 Å². The summed E-state index contributed by atoms with van der Waals surface area (Å²) < 4.78 is 0. The van der Waals surface area contributed by atoms with Gasteiger partial charge in [-0.25, -0.2) is 0 Å². The first-order valence-corrected chi connectivity index (χ1v) is 11.5. The Morgan fingerprint density at radius 2 is 1.39 bits per heavy atom. The summed E-state index contributed by atoms with van der Waals surface area (Å²) in [5, 5.41) is 20.3. The summed E-state index contributed by atoms with van der Waals surface area (Å²) in [7, 11) is 0. The Kier molecular flexibility index (Phi) is 7.96. The van der Waals surface area contributed by atoms with Gasteiger partial charge in [-0.1, -0.05) is 70.2 Å². The van der Waals surface area contributed by atoms with Gasteiger partial charge in [0.05, 0.1) is 12.2 Å². The summed E-state index contributed by atoms with van der Waals surface area (Å²) in [6, 6.07) is 25.5. The van der Waals surface area contributed by atoms with E-state index in [2.05, 4.69) is 56.9 Å². The molecule has 4 heteroatoms. The fourth-order valence-electron chi connectivity index (χ4n) is 5.57. The Morgan fingerprint density at radius 3 is 1.88 bits per heavy atom. The summed E-state index contributed by atoms with van der Waals surface area (Å²) in [5.41, 5.74) is 4.29. The van der Waals surface area contributed by atoms with Crippen molar-refractivity contribution in [2.75, 3.05) is 0 Å². The SMILES string of the molecule is CC1(C)CC2CC(C)(C)C(O)C2C1O.[Ir].[c-]1ccccc1-c1ccc(-c2ccccc2)cn1. The van der Waals surface area contributed by atoms with Crippen LogP contribution in [0.1, 0.15) is 40.5 Å². The van der Waals surface area contributed by atoms with E-state index in [-0.39, 0.29) is 49.1 Å². The van der Waals surface area contributed by atoms with Crippen LogP contribution in [0.4, 0.5) is 0 Å². The monoisotopic (exact) mass is 621 g/mol. The van der Waals surface area contributed by atoms with E-state index < -0.39 is 0 Å². The summed E-state index contributed by atoms with van der Waals surface area (Å²) >= 11 is 0. The second-order valence-corrected chi connectivity index (χ2v) is 10.7. The van der Waals surface area contributed by atoms with Gasteiger partial charge in [-0.3, -0.25) is 0 Å². The Bertz CT molecular complexity index is 936. The Balaban J connectivity index is 0.000000186. The smallest absolute Gasteiger partial charge is 0.0646 e. The second-order valence-electron chi connectivity index (χ2n) is 10.7. The van der Waals surface area contributed by atoms with Crippen LogP contribution in [0.25, 0.3) is 22.4 Å². The van der Waals surface area contributed by atoms with E-state index in [4.69, 9.17) is 0 Å². The molecule has 1 heterocycles. The van der Waals surface area contributed by atoms with Gasteiger partial charge in [0.15, 0.2) is 0 Å². The average Bonchev–Trinajstić information content (AvgIpc) is 3.15. The van der Waals surface area contributed by atoms with Crippen molar-refractivity contribution < 1.29 is 30.3 Å². The molecule has 0 aliphatic heterocycles. The fourth-order valence-corrected chi connectivity index (χ4v) is 5.57. The molecule has 0 amide bonds. The number of hydrogen-bond donors (Lipinski definition) is 2. The molecule has 1 radical (unpaired) electrons. The maximum Gasteiger partial charge on any atom is 0.0646 e. The number of aliphatic hydroxyl groups is 2. The van der Waals surface area contributed by atoms with Gasteiger partial charge in [-0.15, -0.1) is 35.9 Å². The van der Waals surface area contributed by atoms with E-state index in [1.807, 2.05) is 54.7 Å². The first-order valence-electron chi connectivity index (χ1n) is 11.5. The summed E-state index contributed by atoms with van der Waals surface area (Å²) in [4.78, 5) is 4.49. The number of aromatic nitrogens is 1. The van der Waals surface area contributed by atoms with Crippen molar-refractivity contribution in [3.05, 3.63) is 79.0 Å². The van der Waals surface area contributed by atoms with E-state index in [9.17, 15) is 10.2 Å². The van der Waals surface area contributed by atoms with Crippen molar-refractivity contribution in [3.63, 3.8) is 0 Å². The molecule has 2 aliphatic carbocycles. The van der Waals surface area contributed by atoms with E-state index in [1.165, 1.54) is 5.56 Å². The zero-order valence-electron chi connectivity index (χ0n) is 19.8. The first kappa shape index (κ1) is 25.8. The Labute approximate surface area is 211 Å². The quantitative estimate of drug-likeness (QED) is 0.345. The largest absolute Gasteiger partial charge is 0.392 e. The van der Waals surface area contributed by atoms with Crippen molar-refractivity contribution in [3.8, 4) is 22.4 Å². The molecule has 5 rings (SSSR count). The Hall–Kier alpha value is -1.84. The molecule has 177 valence electrons. The standard InChI is InChI=1S/C17H12N.C12H22O2.Ir/c1-3-7-14(8-4-1)16-11-12-17(18-13-16)15-9-5-2-6-10-15;1-11(2)5-7-6-12(3,4)10(14)8(7)9(11)13;/h1-9,11-13H;7-10,13-14H,5-6H2,1-4H3;/q-1;;. The molecular weight excluding hydrogens is 587 g/mol. The minimum absolute atomic E-state index is 0. The molecule has 1 aromatic heterocycles. The molecule has 3 nitrogen and oxygen atoms in total. The average molecular weight is 621 g/mol. The van der Waals surface area contributed by atoms with Crippen LogP contribution in [0.3, 0.4) is 0 Å². The van der Waals surface area contributed by atoms with E-state index in [0.29, 0.717) is 5.92 Å². The van der Waals surface area contributed by atoms with Gasteiger partial charge in [0, 0.05) is 32.2 Å². The van der Waals surface area contributed by atoms with E-state index in [1.54, 1.807) is 0 Å². The van der Waals surface area contributed by atoms with Gasteiger partial charge >= 0.3 is 0 Å². The van der Waals surface area contributed by atoms with Gasteiger partial charge in [0.1, 0.15) is 0 Å². The molecule has 2 unspecified atom stereocenters. The fraction of sp³-hybridized carbons (Fsp3) is 0.414. The van der Waals surface area contributed by atoms with Crippen LogP contribution in [0.15, 0.2) is 72.9 Å². The zero-order valence-corrected chi connectivity index (χ0v) is 22.2. The predicted octanol–water partition coefficient (Wildman–Crippen LogP) is 6.01. The zero-order chi connectivity index (χ0) is 22.9. The summed E-state index contributed by atoms with van der Waals surface area (Å²) in [6.45, 7) is 8.43. The minimum atomic E-state index is -0.329. The third-order valence-corrected chi connectivity index (χ3v) is 7.31. The first-order chi connectivity index (χ1) is 15.2. The maximum atomic E-state index is 10.2. The number of benzene rings is 2. The van der Waals surface area contributed by atoms with Crippen molar-refractivity contribution >= 4 is 0 Å². The van der Waals surface area contributed by atoms with Gasteiger partial charge in [-0.2, -0.15) is 0 Å². The number of nitrogens with zero attached hydrogens (tertiary/aromatic N) is 1. The van der Waals surface area contributed by atoms with Gasteiger partial charge in [0.2, 0.25) is 0 Å². The van der Waals surface area contributed by atoms with Crippen molar-refractivity contribution in [1.82, 2.24) is 4.98 Å². The Morgan fingerprint density at radius 1 is 0.788 bits per heavy atom. The van der Waals surface area contributed by atoms with Gasteiger partial charge < -0.3 is 15.2 Å². The number of pyridine rings is 1. The second kappa shape index (κ2) is 10.2. The van der Waals surface area contributed by atoms with Crippen LogP contribution in [0.2, 0.25) is 0 Å². The maximum absolute atomic E-state index is 10.2. The third kappa shape index (κ3) is 5.46. The number of aliphatic hydroxyl groups excluding tert-OH is 2. The topological polar surface area (TPSA) is 53.4 Å². The van der Waals surface area contributed by atoms with Crippen LogP contribution in [-0.4, -0.2) is 27.4 Å². The normalized spacial score (nSPS) is 26.5. The molecule has 2 aliphatic rings. The number of fused-ring (bicyclic) bond motifs is 1. The van der Waals surface area contributed by atoms with Gasteiger partial charge in [-0.05, 0) is 46.4 Å². The minimum Gasteiger partial charge on any atom is -0.392 e. The molecule has 0 bridgehead atoms. The van der Waals surface area contributed by atoms with Crippen LogP contribution < -0.4 is 0 Å². The molecule has 0 spiro atoms. The predicted molar refractivity (Wildman–Crippen MR) is 130 cm³/mol. The van der Waals surface area contributed by atoms with E-state index in [0.717, 1.165) is 29.7 Å². The number of hydrogen-bond acceptors (Lipinski definition) is 3. The van der Waals surface area contributed by atoms with Gasteiger partial charge in [0.25, 0.3) is 0 Å². The van der Waals surface area contributed by atoms with Crippen molar-refractivity contribution in [2.45, 2.75) is 52.7 Å². The molecule has 2 aromatic carbocycles. The molecule has 0 saturated heterocycles. The molecule has 2 fully saturated rings. The van der Waals surface area contributed by atoms with Crippen LogP contribution >= 0.6 is 0 Å². The van der Waals surface area contributed by atoms with Crippen molar-refractivity contribution in [2.24, 2.45) is 22.7 Å². The molecule has 3 aromatic rings. The molecule has 2 atom stereocenters. The van der Waals surface area contributed by atoms with Crippen molar-refractivity contribution in [1.29, 1.82) is 0 Å². The molecule has 2 saturated carbocycles. The third-order valence-electron chi connectivity index (χ3n) is 7.31. The molecular formula is C29H34IrNO2-. The van der Waals surface area contributed by atoms with Crippen LogP contribution in [0.5, 0.6) is 0 Å². The number of rotatable bonds is 2. The molecule has 2 N–H and O–H groups in total.